The number of hydrogen-bond acceptors (Lipinski definition) is 1. The molecular weight excluding hydrogens is 160 g/mol. The van der Waals surface area contributed by atoms with Crippen LogP contribution in [0, 0.1) is 6.92 Å². The summed E-state index contributed by atoms with van der Waals surface area (Å²) >= 11 is 0. The van der Waals surface area contributed by atoms with Gasteiger partial charge in [0, 0.05) is 5.56 Å². The summed E-state index contributed by atoms with van der Waals surface area (Å²) in [6.07, 6.45) is 2.03. The normalized spacial score (nSPS) is 10.2. The Balaban J connectivity index is 3.01. The van der Waals surface area contributed by atoms with Crippen molar-refractivity contribution >= 4 is 6.08 Å². The Labute approximate surface area is 80.0 Å². The fraction of sp³-hybridized carbons (Fsp3) is 0.333. The zero-order valence-corrected chi connectivity index (χ0v) is 8.50. The Kier molecular flexibility index (Phi) is 3.13. The van der Waals surface area contributed by atoms with Crippen molar-refractivity contribution in [3.05, 3.63) is 35.9 Å². The molecule has 0 bridgehead atoms. The molecule has 0 aliphatic rings. The molecule has 0 saturated carbocycles. The second-order valence-electron chi connectivity index (χ2n) is 3.41. The average molecular weight is 176 g/mol. The van der Waals surface area contributed by atoms with Crippen LogP contribution in [0.25, 0.3) is 6.08 Å². The highest BCUT2D eigenvalue weighted by atomic mass is 16.5. The Morgan fingerprint density at radius 2 is 2.08 bits per heavy atom. The summed E-state index contributed by atoms with van der Waals surface area (Å²) in [5.74, 6) is 0.921. The first-order chi connectivity index (χ1) is 6.13. The summed E-state index contributed by atoms with van der Waals surface area (Å²) in [5.41, 5.74) is 2.26. The van der Waals surface area contributed by atoms with Crippen LogP contribution in [0.3, 0.4) is 0 Å². The molecule has 0 atom stereocenters. The van der Waals surface area contributed by atoms with Crippen LogP contribution in [0.2, 0.25) is 0 Å². The maximum Gasteiger partial charge on any atom is 0.127 e. The molecule has 0 aliphatic heterocycles. The van der Waals surface area contributed by atoms with Gasteiger partial charge in [-0.2, -0.15) is 0 Å². The summed E-state index contributed by atoms with van der Waals surface area (Å²) in [4.78, 5) is 0. The van der Waals surface area contributed by atoms with E-state index in [2.05, 4.69) is 19.6 Å². The SMILES string of the molecule is C=Cc1ccc(C)cc1OC(C)C. The number of hydrogen-bond donors (Lipinski definition) is 0. The third-order valence-corrected chi connectivity index (χ3v) is 1.75. The van der Waals surface area contributed by atoms with Gasteiger partial charge in [0.05, 0.1) is 6.10 Å². The van der Waals surface area contributed by atoms with Crippen molar-refractivity contribution in [1.29, 1.82) is 0 Å². The molecule has 1 rings (SSSR count). The number of benzene rings is 1. The van der Waals surface area contributed by atoms with E-state index in [1.807, 2.05) is 32.1 Å². The van der Waals surface area contributed by atoms with Crippen LogP contribution < -0.4 is 4.74 Å². The molecule has 0 N–H and O–H groups in total. The Bertz CT molecular complexity index is 300. The van der Waals surface area contributed by atoms with Gasteiger partial charge in [0.2, 0.25) is 0 Å². The summed E-state index contributed by atoms with van der Waals surface area (Å²) in [7, 11) is 0. The van der Waals surface area contributed by atoms with Gasteiger partial charge >= 0.3 is 0 Å². The third-order valence-electron chi connectivity index (χ3n) is 1.75. The summed E-state index contributed by atoms with van der Waals surface area (Å²) < 4.78 is 5.65. The first-order valence-electron chi connectivity index (χ1n) is 4.53. The first kappa shape index (κ1) is 9.85. The van der Waals surface area contributed by atoms with Crippen molar-refractivity contribution < 1.29 is 4.74 Å². The van der Waals surface area contributed by atoms with E-state index in [-0.39, 0.29) is 6.10 Å². The molecule has 70 valence electrons. The third kappa shape index (κ3) is 2.62. The zero-order valence-electron chi connectivity index (χ0n) is 8.50. The Morgan fingerprint density at radius 1 is 1.38 bits per heavy atom. The Morgan fingerprint density at radius 3 is 2.62 bits per heavy atom. The van der Waals surface area contributed by atoms with Crippen LogP contribution in [0.15, 0.2) is 24.8 Å². The molecule has 0 aliphatic carbocycles. The lowest BCUT2D eigenvalue weighted by atomic mass is 10.1. The quantitative estimate of drug-likeness (QED) is 0.685. The van der Waals surface area contributed by atoms with E-state index >= 15 is 0 Å². The highest BCUT2D eigenvalue weighted by Gasteiger charge is 2.02. The fourth-order valence-electron chi connectivity index (χ4n) is 1.17. The molecule has 1 heteroatoms. The molecule has 0 amide bonds. The lowest BCUT2D eigenvalue weighted by Crippen LogP contribution is -2.06. The average Bonchev–Trinajstić information content (AvgIpc) is 2.03. The predicted molar refractivity (Wildman–Crippen MR) is 57.0 cm³/mol. The van der Waals surface area contributed by atoms with Crippen LogP contribution in [0.1, 0.15) is 25.0 Å². The zero-order chi connectivity index (χ0) is 9.84. The van der Waals surface area contributed by atoms with Gasteiger partial charge in [-0.1, -0.05) is 24.8 Å². The Hall–Kier alpha value is -1.24. The molecule has 0 aromatic heterocycles. The fourth-order valence-corrected chi connectivity index (χ4v) is 1.17. The number of aryl methyl sites for hydroxylation is 1. The van der Waals surface area contributed by atoms with Gasteiger partial charge in [-0.3, -0.25) is 0 Å². The predicted octanol–water partition coefficient (Wildman–Crippen LogP) is 3.43. The molecule has 0 fully saturated rings. The maximum atomic E-state index is 5.65. The van der Waals surface area contributed by atoms with E-state index in [9.17, 15) is 0 Å². The van der Waals surface area contributed by atoms with Crippen LogP contribution in [-0.2, 0) is 0 Å². The second-order valence-corrected chi connectivity index (χ2v) is 3.41. The second kappa shape index (κ2) is 4.13. The molecule has 0 unspecified atom stereocenters. The van der Waals surface area contributed by atoms with Crippen molar-refractivity contribution in [2.45, 2.75) is 26.9 Å². The van der Waals surface area contributed by atoms with E-state index in [0.717, 1.165) is 11.3 Å². The van der Waals surface area contributed by atoms with E-state index < -0.39 is 0 Å². The van der Waals surface area contributed by atoms with Gasteiger partial charge in [0.25, 0.3) is 0 Å². The summed E-state index contributed by atoms with van der Waals surface area (Å²) in [6, 6.07) is 6.13. The lowest BCUT2D eigenvalue weighted by molar-refractivity contribution is 0.242. The molecule has 0 spiro atoms. The molecule has 0 radical (unpaired) electrons. The molecular formula is C12H16O. The van der Waals surface area contributed by atoms with E-state index in [4.69, 9.17) is 4.74 Å². The minimum atomic E-state index is 0.209. The van der Waals surface area contributed by atoms with Gasteiger partial charge < -0.3 is 4.74 Å². The van der Waals surface area contributed by atoms with Crippen molar-refractivity contribution in [3.63, 3.8) is 0 Å². The number of rotatable bonds is 3. The van der Waals surface area contributed by atoms with Gasteiger partial charge in [-0.25, -0.2) is 0 Å². The van der Waals surface area contributed by atoms with E-state index in [1.165, 1.54) is 5.56 Å². The lowest BCUT2D eigenvalue weighted by Gasteiger charge is -2.12. The van der Waals surface area contributed by atoms with Gasteiger partial charge in [-0.15, -0.1) is 0 Å². The van der Waals surface area contributed by atoms with Crippen molar-refractivity contribution in [2.75, 3.05) is 0 Å². The van der Waals surface area contributed by atoms with Crippen molar-refractivity contribution in [1.82, 2.24) is 0 Å². The molecule has 1 aromatic carbocycles. The minimum Gasteiger partial charge on any atom is -0.490 e. The summed E-state index contributed by atoms with van der Waals surface area (Å²) in [6.45, 7) is 9.85. The highest BCUT2D eigenvalue weighted by Crippen LogP contribution is 2.22. The molecule has 0 heterocycles. The molecule has 1 nitrogen and oxygen atoms in total. The standard InChI is InChI=1S/C12H16O/c1-5-11-7-6-10(4)8-12(11)13-9(2)3/h5-9H,1H2,2-4H3. The van der Waals surface area contributed by atoms with Gasteiger partial charge in [0.1, 0.15) is 5.75 Å². The first-order valence-corrected chi connectivity index (χ1v) is 4.53. The number of ether oxygens (including phenoxy) is 1. The van der Waals surface area contributed by atoms with Crippen molar-refractivity contribution in [2.24, 2.45) is 0 Å². The van der Waals surface area contributed by atoms with Gasteiger partial charge in [-0.05, 0) is 32.4 Å². The van der Waals surface area contributed by atoms with Gasteiger partial charge in [0.15, 0.2) is 0 Å². The van der Waals surface area contributed by atoms with Crippen LogP contribution >= 0.6 is 0 Å². The largest absolute Gasteiger partial charge is 0.490 e. The molecule has 13 heavy (non-hydrogen) atoms. The summed E-state index contributed by atoms with van der Waals surface area (Å²) in [5, 5.41) is 0. The smallest absolute Gasteiger partial charge is 0.127 e. The van der Waals surface area contributed by atoms with Crippen molar-refractivity contribution in [3.8, 4) is 5.75 Å². The van der Waals surface area contributed by atoms with Crippen LogP contribution in [-0.4, -0.2) is 6.10 Å². The topological polar surface area (TPSA) is 9.23 Å². The monoisotopic (exact) mass is 176 g/mol. The molecule has 1 aromatic rings. The minimum absolute atomic E-state index is 0.209. The van der Waals surface area contributed by atoms with Crippen LogP contribution in [0.5, 0.6) is 5.75 Å². The van der Waals surface area contributed by atoms with E-state index in [0.29, 0.717) is 0 Å². The van der Waals surface area contributed by atoms with Crippen LogP contribution in [0.4, 0.5) is 0 Å². The highest BCUT2D eigenvalue weighted by molar-refractivity contribution is 5.56. The molecule has 0 saturated heterocycles. The maximum absolute atomic E-state index is 5.65. The van der Waals surface area contributed by atoms with E-state index in [1.54, 1.807) is 0 Å².